The van der Waals surface area contributed by atoms with Crippen LogP contribution in [0.4, 0.5) is 0 Å². The lowest BCUT2D eigenvalue weighted by Gasteiger charge is -2.20. The van der Waals surface area contributed by atoms with Crippen LogP contribution in [0.3, 0.4) is 0 Å². The maximum Gasteiger partial charge on any atom is 0.328 e. The monoisotopic (exact) mass is 332 g/mol. The molecular weight excluding hydrogens is 308 g/mol. The fourth-order valence-corrected chi connectivity index (χ4v) is 1.68. The molecule has 0 aliphatic rings. The van der Waals surface area contributed by atoms with E-state index in [-0.39, 0.29) is 12.5 Å². The number of carbonyl (C=O) groups excluding carboxylic acids is 3. The number of rotatable bonds is 10. The lowest BCUT2D eigenvalue weighted by molar-refractivity contribution is -0.142. The number of aliphatic hydroxyl groups is 1. The number of hydrogen-bond donors (Lipinski definition) is 6. The Morgan fingerprint density at radius 2 is 1.61 bits per heavy atom. The van der Waals surface area contributed by atoms with Crippen molar-refractivity contribution in [2.45, 2.75) is 32.4 Å². The van der Waals surface area contributed by atoms with Gasteiger partial charge in [-0.1, -0.05) is 13.8 Å². The summed E-state index contributed by atoms with van der Waals surface area (Å²) in [6.45, 7) is 2.22. The number of aliphatic hydroxyl groups excluding tert-OH is 1. The average Bonchev–Trinajstić information content (AvgIpc) is 2.48. The summed E-state index contributed by atoms with van der Waals surface area (Å²) in [6, 6.07) is -2.28. The Balaban J connectivity index is 4.52. The maximum atomic E-state index is 12.0. The maximum absolute atomic E-state index is 12.0. The van der Waals surface area contributed by atoms with Crippen LogP contribution < -0.4 is 21.7 Å². The molecule has 132 valence electrons. The Morgan fingerprint density at radius 3 is 2.04 bits per heavy atom. The molecule has 23 heavy (non-hydrogen) atoms. The van der Waals surface area contributed by atoms with Gasteiger partial charge >= 0.3 is 5.97 Å². The van der Waals surface area contributed by atoms with Gasteiger partial charge in [0.2, 0.25) is 17.7 Å². The molecule has 2 atom stereocenters. The van der Waals surface area contributed by atoms with Crippen LogP contribution in [-0.2, 0) is 19.2 Å². The van der Waals surface area contributed by atoms with Gasteiger partial charge in [0.15, 0.2) is 0 Å². The van der Waals surface area contributed by atoms with Crippen LogP contribution in [0.5, 0.6) is 0 Å². The lowest BCUT2D eigenvalue weighted by atomic mass is 10.0. The van der Waals surface area contributed by atoms with E-state index in [1.54, 1.807) is 0 Å². The highest BCUT2D eigenvalue weighted by Crippen LogP contribution is 2.04. The van der Waals surface area contributed by atoms with Crippen LogP contribution in [0.15, 0.2) is 0 Å². The zero-order valence-corrected chi connectivity index (χ0v) is 13.2. The first kappa shape index (κ1) is 20.8. The van der Waals surface area contributed by atoms with Crippen LogP contribution in [0.1, 0.15) is 20.3 Å². The van der Waals surface area contributed by atoms with E-state index in [0.717, 1.165) is 0 Å². The van der Waals surface area contributed by atoms with Crippen molar-refractivity contribution in [2.75, 3.05) is 19.7 Å². The van der Waals surface area contributed by atoms with Gasteiger partial charge in [0.25, 0.3) is 0 Å². The largest absolute Gasteiger partial charge is 0.480 e. The summed E-state index contributed by atoms with van der Waals surface area (Å²) in [5, 5.41) is 24.3. The van der Waals surface area contributed by atoms with Gasteiger partial charge in [0.1, 0.15) is 12.1 Å². The van der Waals surface area contributed by atoms with Crippen LogP contribution in [0.2, 0.25) is 0 Å². The van der Waals surface area contributed by atoms with Crippen molar-refractivity contribution >= 4 is 23.7 Å². The number of hydrogen-bond acceptors (Lipinski definition) is 6. The van der Waals surface area contributed by atoms with E-state index >= 15 is 0 Å². The first-order valence-electron chi connectivity index (χ1n) is 7.11. The summed E-state index contributed by atoms with van der Waals surface area (Å²) in [7, 11) is 0. The third kappa shape index (κ3) is 8.73. The van der Waals surface area contributed by atoms with E-state index < -0.39 is 48.9 Å². The number of carboxylic acids is 1. The second-order valence-electron chi connectivity index (χ2n) is 5.31. The molecule has 0 saturated carbocycles. The molecule has 0 radical (unpaired) electrons. The summed E-state index contributed by atoms with van der Waals surface area (Å²) >= 11 is 0. The third-order valence-electron chi connectivity index (χ3n) is 2.78. The zero-order valence-electron chi connectivity index (χ0n) is 13.2. The van der Waals surface area contributed by atoms with E-state index in [1.807, 2.05) is 19.2 Å². The van der Waals surface area contributed by atoms with Gasteiger partial charge in [-0.3, -0.25) is 14.4 Å². The van der Waals surface area contributed by atoms with E-state index in [2.05, 4.69) is 10.6 Å². The number of amides is 3. The molecule has 0 spiro atoms. The minimum atomic E-state index is -1.44. The van der Waals surface area contributed by atoms with Crippen molar-refractivity contribution in [1.82, 2.24) is 16.0 Å². The summed E-state index contributed by atoms with van der Waals surface area (Å²) in [5.41, 5.74) is 5.18. The van der Waals surface area contributed by atoms with Crippen molar-refractivity contribution in [3.05, 3.63) is 0 Å². The van der Waals surface area contributed by atoms with E-state index in [0.29, 0.717) is 6.42 Å². The smallest absolute Gasteiger partial charge is 0.328 e. The van der Waals surface area contributed by atoms with Gasteiger partial charge in [0, 0.05) is 0 Å². The van der Waals surface area contributed by atoms with Gasteiger partial charge in [-0.15, -0.1) is 0 Å². The summed E-state index contributed by atoms with van der Waals surface area (Å²) in [4.78, 5) is 45.5. The first-order valence-corrected chi connectivity index (χ1v) is 7.11. The van der Waals surface area contributed by atoms with Crippen molar-refractivity contribution in [3.63, 3.8) is 0 Å². The highest BCUT2D eigenvalue weighted by Gasteiger charge is 2.23. The third-order valence-corrected chi connectivity index (χ3v) is 2.78. The van der Waals surface area contributed by atoms with E-state index in [9.17, 15) is 19.2 Å². The Kier molecular flexibility index (Phi) is 9.51. The topological polar surface area (TPSA) is 171 Å². The average molecular weight is 332 g/mol. The minimum absolute atomic E-state index is 0.114. The molecule has 0 rings (SSSR count). The first-order chi connectivity index (χ1) is 10.7. The predicted octanol–water partition coefficient (Wildman–Crippen LogP) is -2.85. The predicted molar refractivity (Wildman–Crippen MR) is 80.1 cm³/mol. The molecule has 10 heteroatoms. The fourth-order valence-electron chi connectivity index (χ4n) is 1.68. The number of aliphatic carboxylic acids is 1. The second kappa shape index (κ2) is 10.5. The van der Waals surface area contributed by atoms with Crippen LogP contribution >= 0.6 is 0 Å². The molecule has 0 aromatic rings. The standard InChI is InChI=1S/C13H24N4O6/c1-7(2)3-8(16-10(19)4-14)12(21)15-5-11(20)17-9(6-18)13(22)23/h7-9,18H,3-6,14H2,1-2H3,(H,15,21)(H,16,19)(H,17,20)(H,22,23). The van der Waals surface area contributed by atoms with Crippen molar-refractivity contribution < 1.29 is 29.4 Å². The molecule has 0 aromatic carbocycles. The molecule has 10 nitrogen and oxygen atoms in total. The molecule has 3 amide bonds. The Morgan fingerprint density at radius 1 is 1.04 bits per heavy atom. The number of nitrogens with two attached hydrogens (primary N) is 1. The Bertz CT molecular complexity index is 440. The quantitative estimate of drug-likeness (QED) is 0.250. The molecule has 0 aliphatic carbocycles. The Labute approximate surface area is 133 Å². The van der Waals surface area contributed by atoms with Gasteiger partial charge < -0.3 is 31.9 Å². The van der Waals surface area contributed by atoms with E-state index in [4.69, 9.17) is 15.9 Å². The Hall–Kier alpha value is -2.20. The molecule has 0 saturated heterocycles. The van der Waals surface area contributed by atoms with Gasteiger partial charge in [-0.05, 0) is 12.3 Å². The minimum Gasteiger partial charge on any atom is -0.480 e. The van der Waals surface area contributed by atoms with Gasteiger partial charge in [-0.25, -0.2) is 4.79 Å². The summed E-state index contributed by atoms with van der Waals surface area (Å²) in [5.74, 6) is -3.12. The number of carbonyl (C=O) groups is 4. The van der Waals surface area contributed by atoms with Gasteiger partial charge in [-0.2, -0.15) is 0 Å². The molecular formula is C13H24N4O6. The van der Waals surface area contributed by atoms with Gasteiger partial charge in [0.05, 0.1) is 19.7 Å². The molecule has 0 aliphatic heterocycles. The summed E-state index contributed by atoms with van der Waals surface area (Å²) < 4.78 is 0. The SMILES string of the molecule is CC(C)CC(NC(=O)CN)C(=O)NCC(=O)NC(CO)C(=O)O. The van der Waals surface area contributed by atoms with Crippen molar-refractivity contribution in [2.24, 2.45) is 11.7 Å². The van der Waals surface area contributed by atoms with Crippen molar-refractivity contribution in [3.8, 4) is 0 Å². The van der Waals surface area contributed by atoms with Crippen LogP contribution in [0.25, 0.3) is 0 Å². The highest BCUT2D eigenvalue weighted by atomic mass is 16.4. The zero-order chi connectivity index (χ0) is 18.0. The molecule has 7 N–H and O–H groups in total. The van der Waals surface area contributed by atoms with E-state index in [1.165, 1.54) is 0 Å². The lowest BCUT2D eigenvalue weighted by Crippen LogP contribution is -2.52. The molecule has 0 heterocycles. The number of carboxylic acid groups (broad SMARTS) is 1. The second-order valence-corrected chi connectivity index (χ2v) is 5.31. The molecule has 0 fully saturated rings. The fraction of sp³-hybridized carbons (Fsp3) is 0.692. The highest BCUT2D eigenvalue weighted by molar-refractivity contribution is 5.91. The number of nitrogens with one attached hydrogen (secondary N) is 3. The molecule has 0 bridgehead atoms. The van der Waals surface area contributed by atoms with Crippen molar-refractivity contribution in [1.29, 1.82) is 0 Å². The molecule has 0 aromatic heterocycles. The summed E-state index contributed by atoms with van der Waals surface area (Å²) in [6.07, 6.45) is 0.355. The normalized spacial score (nSPS) is 13.1. The van der Waals surface area contributed by atoms with Crippen LogP contribution in [0, 0.1) is 5.92 Å². The van der Waals surface area contributed by atoms with Crippen LogP contribution in [-0.4, -0.2) is 65.7 Å². The molecule has 2 unspecified atom stereocenters.